The van der Waals surface area contributed by atoms with Crippen molar-refractivity contribution in [3.05, 3.63) is 29.8 Å². The molecule has 5 nitrogen and oxygen atoms in total. The molecule has 104 valence electrons. The van der Waals surface area contributed by atoms with Crippen LogP contribution in [0.5, 0.6) is 0 Å². The molecule has 0 unspecified atom stereocenters. The average Bonchev–Trinajstić information content (AvgIpc) is 2.38. The largest absolute Gasteiger partial charge is 0.465 e. The minimum atomic E-state index is -0.395. The topological polar surface area (TPSA) is 67.4 Å². The molecule has 0 aliphatic rings. The quantitative estimate of drug-likeness (QED) is 0.803. The van der Waals surface area contributed by atoms with Gasteiger partial charge in [0.25, 0.3) is 0 Å². The highest BCUT2D eigenvalue weighted by atomic mass is 16.5. The van der Waals surface area contributed by atoms with Crippen molar-refractivity contribution < 1.29 is 14.3 Å². The molecule has 0 aromatic heterocycles. The Kier molecular flexibility index (Phi) is 5.85. The molecule has 2 amide bonds. The number of amides is 2. The van der Waals surface area contributed by atoms with Crippen molar-refractivity contribution in [1.82, 2.24) is 5.32 Å². The Hall–Kier alpha value is -2.04. The highest BCUT2D eigenvalue weighted by Gasteiger charge is 2.06. The molecule has 1 aromatic rings. The first-order valence-corrected chi connectivity index (χ1v) is 6.26. The van der Waals surface area contributed by atoms with Gasteiger partial charge >= 0.3 is 12.0 Å². The number of anilines is 1. The summed E-state index contributed by atoms with van der Waals surface area (Å²) in [5.41, 5.74) is 1.09. The first-order valence-electron chi connectivity index (χ1n) is 6.26. The predicted octanol–water partition coefficient (Wildman–Crippen LogP) is 2.64. The summed E-state index contributed by atoms with van der Waals surface area (Å²) < 4.78 is 4.59. The molecule has 0 saturated carbocycles. The Bertz CT molecular complexity index is 427. The first-order chi connectivity index (χ1) is 9.02. The van der Waals surface area contributed by atoms with Gasteiger partial charge in [0.2, 0.25) is 0 Å². The van der Waals surface area contributed by atoms with Crippen molar-refractivity contribution in [2.24, 2.45) is 5.92 Å². The van der Waals surface area contributed by atoms with Gasteiger partial charge in [0.05, 0.1) is 12.7 Å². The number of carbonyl (C=O) groups excluding carboxylic acids is 2. The molecule has 0 saturated heterocycles. The van der Waals surface area contributed by atoms with Crippen LogP contribution in [0.3, 0.4) is 0 Å². The number of urea groups is 1. The van der Waals surface area contributed by atoms with Crippen LogP contribution in [0.15, 0.2) is 24.3 Å². The lowest BCUT2D eigenvalue weighted by Crippen LogP contribution is -2.30. The molecule has 0 bridgehead atoms. The van der Waals surface area contributed by atoms with Crippen LogP contribution >= 0.6 is 0 Å². The van der Waals surface area contributed by atoms with E-state index in [1.54, 1.807) is 24.3 Å². The van der Waals surface area contributed by atoms with Gasteiger partial charge in [-0.2, -0.15) is 0 Å². The summed E-state index contributed by atoms with van der Waals surface area (Å²) >= 11 is 0. The molecule has 1 rings (SSSR count). The van der Waals surface area contributed by atoms with Crippen LogP contribution in [0.1, 0.15) is 30.6 Å². The van der Waals surface area contributed by atoms with Gasteiger partial charge in [-0.15, -0.1) is 0 Å². The standard InChI is InChI=1S/C14H20N2O3/c1-10(2)8-9-15-14(18)16-12-6-4-11(5-7-12)13(17)19-3/h4-7,10H,8-9H2,1-3H3,(H2,15,16,18). The van der Waals surface area contributed by atoms with E-state index in [4.69, 9.17) is 0 Å². The minimum Gasteiger partial charge on any atom is -0.465 e. The molecule has 19 heavy (non-hydrogen) atoms. The van der Waals surface area contributed by atoms with Crippen molar-refractivity contribution in [2.45, 2.75) is 20.3 Å². The fraction of sp³-hybridized carbons (Fsp3) is 0.429. The SMILES string of the molecule is COC(=O)c1ccc(NC(=O)NCCC(C)C)cc1. The van der Waals surface area contributed by atoms with Crippen molar-refractivity contribution in [3.8, 4) is 0 Å². The number of hydrogen-bond acceptors (Lipinski definition) is 3. The third-order valence-corrected chi connectivity index (χ3v) is 2.57. The van der Waals surface area contributed by atoms with Gasteiger partial charge in [-0.05, 0) is 36.6 Å². The van der Waals surface area contributed by atoms with Gasteiger partial charge < -0.3 is 15.4 Å². The maximum absolute atomic E-state index is 11.6. The molecular weight excluding hydrogens is 244 g/mol. The van der Waals surface area contributed by atoms with E-state index < -0.39 is 5.97 Å². The number of hydrogen-bond donors (Lipinski definition) is 2. The summed E-state index contributed by atoms with van der Waals surface area (Å²) in [5.74, 6) is 0.160. The molecule has 1 aromatic carbocycles. The lowest BCUT2D eigenvalue weighted by Gasteiger charge is -2.09. The first kappa shape index (κ1) is 15.0. The summed E-state index contributed by atoms with van der Waals surface area (Å²) in [4.78, 5) is 22.8. The van der Waals surface area contributed by atoms with E-state index in [0.29, 0.717) is 23.7 Å². The van der Waals surface area contributed by atoms with Gasteiger partial charge in [0, 0.05) is 12.2 Å². The molecule has 0 fully saturated rings. The highest BCUT2D eigenvalue weighted by Crippen LogP contribution is 2.10. The van der Waals surface area contributed by atoms with Crippen LogP contribution in [0.2, 0.25) is 0 Å². The normalized spacial score (nSPS) is 10.1. The number of methoxy groups -OCH3 is 1. The van der Waals surface area contributed by atoms with E-state index >= 15 is 0 Å². The zero-order valence-corrected chi connectivity index (χ0v) is 11.5. The van der Waals surface area contributed by atoms with E-state index in [2.05, 4.69) is 29.2 Å². The predicted molar refractivity (Wildman–Crippen MR) is 74.3 cm³/mol. The molecule has 2 N–H and O–H groups in total. The third kappa shape index (κ3) is 5.42. The molecular formula is C14H20N2O3. The van der Waals surface area contributed by atoms with E-state index in [9.17, 15) is 9.59 Å². The zero-order valence-electron chi connectivity index (χ0n) is 11.5. The summed E-state index contributed by atoms with van der Waals surface area (Å²) in [6, 6.07) is 6.29. The van der Waals surface area contributed by atoms with Crippen LogP contribution in [-0.2, 0) is 4.74 Å². The van der Waals surface area contributed by atoms with Crippen molar-refractivity contribution in [3.63, 3.8) is 0 Å². The summed E-state index contributed by atoms with van der Waals surface area (Å²) in [5, 5.41) is 5.47. The second kappa shape index (κ2) is 7.41. The van der Waals surface area contributed by atoms with Gasteiger partial charge in [0.1, 0.15) is 0 Å². The third-order valence-electron chi connectivity index (χ3n) is 2.57. The van der Waals surface area contributed by atoms with Crippen LogP contribution < -0.4 is 10.6 Å². The molecule has 0 radical (unpaired) electrons. The Balaban J connectivity index is 2.44. The van der Waals surface area contributed by atoms with Crippen LogP contribution in [0.4, 0.5) is 10.5 Å². The van der Waals surface area contributed by atoms with Crippen LogP contribution in [0, 0.1) is 5.92 Å². The lowest BCUT2D eigenvalue weighted by molar-refractivity contribution is 0.0601. The van der Waals surface area contributed by atoms with Crippen LogP contribution in [-0.4, -0.2) is 25.7 Å². The van der Waals surface area contributed by atoms with E-state index in [1.165, 1.54) is 7.11 Å². The maximum Gasteiger partial charge on any atom is 0.337 e. The maximum atomic E-state index is 11.6. The van der Waals surface area contributed by atoms with Gasteiger partial charge in [-0.3, -0.25) is 0 Å². The van der Waals surface area contributed by atoms with E-state index in [0.717, 1.165) is 6.42 Å². The van der Waals surface area contributed by atoms with Crippen molar-refractivity contribution in [1.29, 1.82) is 0 Å². The van der Waals surface area contributed by atoms with E-state index in [-0.39, 0.29) is 6.03 Å². The Morgan fingerprint density at radius 3 is 2.37 bits per heavy atom. The zero-order chi connectivity index (χ0) is 14.3. The molecule has 0 heterocycles. The molecule has 5 heteroatoms. The monoisotopic (exact) mass is 264 g/mol. The Morgan fingerprint density at radius 1 is 1.21 bits per heavy atom. The molecule has 0 spiro atoms. The molecule has 0 aliphatic heterocycles. The molecule has 0 atom stereocenters. The number of esters is 1. The Labute approximate surface area is 113 Å². The lowest BCUT2D eigenvalue weighted by atomic mass is 10.1. The second-order valence-corrected chi connectivity index (χ2v) is 4.63. The average molecular weight is 264 g/mol. The van der Waals surface area contributed by atoms with E-state index in [1.807, 2.05) is 0 Å². The number of rotatable bonds is 5. The summed E-state index contributed by atoms with van der Waals surface area (Å²) in [6.45, 7) is 4.85. The smallest absolute Gasteiger partial charge is 0.337 e. The summed E-state index contributed by atoms with van der Waals surface area (Å²) in [7, 11) is 1.33. The fourth-order valence-electron chi connectivity index (χ4n) is 1.46. The van der Waals surface area contributed by atoms with Gasteiger partial charge in [0.15, 0.2) is 0 Å². The highest BCUT2D eigenvalue weighted by molar-refractivity contribution is 5.92. The Morgan fingerprint density at radius 2 is 1.84 bits per heavy atom. The van der Waals surface area contributed by atoms with Crippen LogP contribution in [0.25, 0.3) is 0 Å². The van der Waals surface area contributed by atoms with Crippen molar-refractivity contribution in [2.75, 3.05) is 19.0 Å². The van der Waals surface area contributed by atoms with Gasteiger partial charge in [-0.1, -0.05) is 13.8 Å². The number of ether oxygens (including phenoxy) is 1. The molecule has 0 aliphatic carbocycles. The number of carbonyl (C=O) groups is 2. The number of benzene rings is 1. The van der Waals surface area contributed by atoms with Gasteiger partial charge in [-0.25, -0.2) is 9.59 Å². The number of nitrogens with one attached hydrogen (secondary N) is 2. The minimum absolute atomic E-state index is 0.244. The van der Waals surface area contributed by atoms with Crippen molar-refractivity contribution >= 4 is 17.7 Å². The summed E-state index contributed by atoms with van der Waals surface area (Å²) in [6.07, 6.45) is 0.939. The second-order valence-electron chi connectivity index (χ2n) is 4.63. The fourth-order valence-corrected chi connectivity index (χ4v) is 1.46.